The maximum Gasteiger partial charge on any atom is 0.409 e. The van der Waals surface area contributed by atoms with Crippen molar-refractivity contribution in [2.75, 3.05) is 18.2 Å². The summed E-state index contributed by atoms with van der Waals surface area (Å²) in [6.07, 6.45) is -1.17. The number of methoxy groups -OCH3 is 1. The van der Waals surface area contributed by atoms with E-state index in [1.54, 1.807) is 35.7 Å². The molecule has 5 aromatic rings. The predicted molar refractivity (Wildman–Crippen MR) is 157 cm³/mol. The molecule has 0 atom stereocenters. The largest absolute Gasteiger partial charge is 0.497 e. The molecule has 0 fully saturated rings. The van der Waals surface area contributed by atoms with E-state index >= 15 is 0 Å². The van der Waals surface area contributed by atoms with Gasteiger partial charge < -0.3 is 9.84 Å². The predicted octanol–water partition coefficient (Wildman–Crippen LogP) is 6.95. The zero-order valence-electron chi connectivity index (χ0n) is 21.9. The second kappa shape index (κ2) is 10.7. The van der Waals surface area contributed by atoms with Gasteiger partial charge in [-0.1, -0.05) is 56.3 Å². The van der Waals surface area contributed by atoms with Crippen LogP contribution in [0.5, 0.6) is 5.75 Å². The molecule has 0 radical (unpaired) electrons. The van der Waals surface area contributed by atoms with Crippen molar-refractivity contribution in [3.05, 3.63) is 113 Å². The van der Waals surface area contributed by atoms with E-state index in [-0.39, 0.29) is 5.56 Å². The van der Waals surface area contributed by atoms with Crippen LogP contribution in [-0.4, -0.2) is 33.4 Å². The molecule has 39 heavy (non-hydrogen) atoms. The molecule has 0 saturated heterocycles. The van der Waals surface area contributed by atoms with Crippen molar-refractivity contribution in [2.24, 2.45) is 0 Å². The van der Waals surface area contributed by atoms with Gasteiger partial charge in [0.25, 0.3) is 5.56 Å². The third kappa shape index (κ3) is 5.28. The fraction of sp³-hybridized carbons (Fsp3) is 0.161. The summed E-state index contributed by atoms with van der Waals surface area (Å²) in [5.41, 5.74) is 2.62. The van der Waals surface area contributed by atoms with Gasteiger partial charge in [0.15, 0.2) is 0 Å². The Bertz CT molecular complexity index is 1690. The number of carboxylic acid groups (broad SMARTS) is 1. The summed E-state index contributed by atoms with van der Waals surface area (Å²) in [5, 5.41) is 12.6. The van der Waals surface area contributed by atoms with Crippen LogP contribution in [-0.2, 0) is 5.41 Å². The lowest BCUT2D eigenvalue weighted by molar-refractivity contribution is 0.209. The lowest BCUT2D eigenvalue weighted by Crippen LogP contribution is -2.24. The third-order valence-corrected chi connectivity index (χ3v) is 8.03. The van der Waals surface area contributed by atoms with Crippen molar-refractivity contribution in [3.63, 3.8) is 0 Å². The standard InChI is InChI=1S/C31H29N3O4S/c1-31(2,20-39-25-16-10-15-24(19-25)38-3)26-17-21(32-30(36)37)18-27-28(26)29(35)34(23-13-8-5-9-14-23)33(27)22-11-6-4-7-12-22/h4-19,32H,20H2,1-3H3,(H,36,37). The Labute approximate surface area is 230 Å². The molecule has 7 nitrogen and oxygen atoms in total. The number of nitrogens with zero attached hydrogens (tertiary/aromatic N) is 2. The van der Waals surface area contributed by atoms with Gasteiger partial charge in [-0.3, -0.25) is 10.1 Å². The van der Waals surface area contributed by atoms with Crippen LogP contribution >= 0.6 is 11.8 Å². The number of anilines is 1. The Kier molecular flexibility index (Phi) is 7.21. The van der Waals surface area contributed by atoms with E-state index in [1.807, 2.05) is 89.6 Å². The average Bonchev–Trinajstić information content (AvgIpc) is 3.24. The number of hydrogen-bond acceptors (Lipinski definition) is 4. The summed E-state index contributed by atoms with van der Waals surface area (Å²) in [4.78, 5) is 27.0. The number of rotatable bonds is 8. The van der Waals surface area contributed by atoms with Crippen LogP contribution in [0.4, 0.5) is 10.5 Å². The molecule has 1 aromatic heterocycles. The molecule has 0 aliphatic rings. The molecule has 5 rings (SSSR count). The molecule has 0 unspecified atom stereocenters. The van der Waals surface area contributed by atoms with Crippen LogP contribution in [0.1, 0.15) is 19.4 Å². The molecule has 1 heterocycles. The van der Waals surface area contributed by atoms with Gasteiger partial charge in [0, 0.05) is 21.8 Å². The summed E-state index contributed by atoms with van der Waals surface area (Å²) >= 11 is 1.66. The van der Waals surface area contributed by atoms with Crippen LogP contribution in [0.25, 0.3) is 22.3 Å². The highest BCUT2D eigenvalue weighted by Gasteiger charge is 2.29. The first-order valence-electron chi connectivity index (χ1n) is 12.5. The molecule has 198 valence electrons. The Morgan fingerprint density at radius 1 is 0.897 bits per heavy atom. The fourth-order valence-corrected chi connectivity index (χ4v) is 5.77. The van der Waals surface area contributed by atoms with Gasteiger partial charge >= 0.3 is 6.09 Å². The smallest absolute Gasteiger partial charge is 0.409 e. The highest BCUT2D eigenvalue weighted by Crippen LogP contribution is 2.38. The SMILES string of the molecule is COc1cccc(SCC(C)(C)c2cc(NC(=O)O)cc3c2c(=O)n(-c2ccccc2)n3-c2ccccc2)c1. The van der Waals surface area contributed by atoms with Crippen LogP contribution in [0.15, 0.2) is 107 Å². The second-order valence-electron chi connectivity index (χ2n) is 9.80. The molecule has 1 amide bonds. The van der Waals surface area contributed by atoms with Crippen LogP contribution < -0.4 is 15.6 Å². The molecule has 0 spiro atoms. The van der Waals surface area contributed by atoms with Gasteiger partial charge in [-0.15, -0.1) is 11.8 Å². The van der Waals surface area contributed by atoms with Crippen molar-refractivity contribution in [1.29, 1.82) is 0 Å². The highest BCUT2D eigenvalue weighted by atomic mass is 32.2. The summed E-state index contributed by atoms with van der Waals surface area (Å²) in [6, 6.07) is 30.4. The van der Waals surface area contributed by atoms with E-state index in [9.17, 15) is 14.7 Å². The Morgan fingerprint density at radius 2 is 1.54 bits per heavy atom. The van der Waals surface area contributed by atoms with Gasteiger partial charge in [-0.2, -0.15) is 0 Å². The van der Waals surface area contributed by atoms with Gasteiger partial charge in [-0.05, 0) is 60.2 Å². The van der Waals surface area contributed by atoms with Gasteiger partial charge in [0.05, 0.1) is 29.4 Å². The zero-order chi connectivity index (χ0) is 27.6. The molecule has 0 aliphatic carbocycles. The maximum absolute atomic E-state index is 14.3. The number of fused-ring (bicyclic) bond motifs is 1. The number of benzene rings is 4. The molecule has 8 heteroatoms. The third-order valence-electron chi connectivity index (χ3n) is 6.57. The molecule has 0 saturated carbocycles. The van der Waals surface area contributed by atoms with E-state index in [4.69, 9.17) is 4.74 Å². The van der Waals surface area contributed by atoms with E-state index < -0.39 is 11.5 Å². The van der Waals surface area contributed by atoms with E-state index in [2.05, 4.69) is 19.2 Å². The summed E-state index contributed by atoms with van der Waals surface area (Å²) in [6.45, 7) is 4.15. The lowest BCUT2D eigenvalue weighted by atomic mass is 9.84. The normalized spacial score (nSPS) is 11.5. The quantitative estimate of drug-likeness (QED) is 0.209. The van der Waals surface area contributed by atoms with Crippen LogP contribution in [0, 0.1) is 0 Å². The number of carbonyl (C=O) groups is 1. The van der Waals surface area contributed by atoms with Gasteiger partial charge in [-0.25, -0.2) is 14.2 Å². The van der Waals surface area contributed by atoms with Crippen molar-refractivity contribution in [3.8, 4) is 17.1 Å². The number of para-hydroxylation sites is 2. The molecule has 4 aromatic carbocycles. The molecular formula is C31H29N3O4S. The second-order valence-corrected chi connectivity index (χ2v) is 10.8. The van der Waals surface area contributed by atoms with E-state index in [0.717, 1.165) is 21.9 Å². The summed E-state index contributed by atoms with van der Waals surface area (Å²) < 4.78 is 8.88. The van der Waals surface area contributed by atoms with Crippen molar-refractivity contribution >= 4 is 34.4 Å². The van der Waals surface area contributed by atoms with Gasteiger partial charge in [0.1, 0.15) is 5.75 Å². The van der Waals surface area contributed by atoms with Crippen molar-refractivity contribution < 1.29 is 14.6 Å². The minimum atomic E-state index is -1.17. The number of amides is 1. The summed E-state index contributed by atoms with van der Waals surface area (Å²) in [5.74, 6) is 1.42. The number of ether oxygens (including phenoxy) is 1. The topological polar surface area (TPSA) is 85.5 Å². The molecule has 0 bridgehead atoms. The minimum Gasteiger partial charge on any atom is -0.497 e. The van der Waals surface area contributed by atoms with Crippen molar-refractivity contribution in [1.82, 2.24) is 9.36 Å². The molecule has 0 aliphatic heterocycles. The monoisotopic (exact) mass is 539 g/mol. The van der Waals surface area contributed by atoms with E-state index in [1.165, 1.54) is 0 Å². The molecular weight excluding hydrogens is 510 g/mol. The van der Waals surface area contributed by atoms with Gasteiger partial charge in [0.2, 0.25) is 0 Å². The fourth-order valence-electron chi connectivity index (χ4n) is 4.71. The molecule has 2 N–H and O–H groups in total. The maximum atomic E-state index is 14.3. The zero-order valence-corrected chi connectivity index (χ0v) is 22.7. The Morgan fingerprint density at radius 3 is 2.15 bits per heavy atom. The van der Waals surface area contributed by atoms with E-state index in [0.29, 0.717) is 28.0 Å². The Hall–Kier alpha value is -4.43. The summed E-state index contributed by atoms with van der Waals surface area (Å²) in [7, 11) is 1.64. The number of hydrogen-bond donors (Lipinski definition) is 2. The number of aromatic nitrogens is 2. The lowest BCUT2D eigenvalue weighted by Gasteiger charge is -2.26. The minimum absolute atomic E-state index is 0.170. The first-order chi connectivity index (χ1) is 18.8. The highest BCUT2D eigenvalue weighted by molar-refractivity contribution is 7.99. The van der Waals surface area contributed by atoms with Crippen molar-refractivity contribution in [2.45, 2.75) is 24.2 Å². The number of thioether (sulfide) groups is 1. The Balaban J connectivity index is 1.75. The van der Waals surface area contributed by atoms with Crippen LogP contribution in [0.2, 0.25) is 0 Å². The first-order valence-corrected chi connectivity index (χ1v) is 13.5. The first kappa shape index (κ1) is 26.2. The average molecular weight is 540 g/mol. The number of nitrogens with one attached hydrogen (secondary N) is 1. The van der Waals surface area contributed by atoms with Crippen LogP contribution in [0.3, 0.4) is 0 Å².